The van der Waals surface area contributed by atoms with Crippen LogP contribution >= 0.6 is 0 Å². The summed E-state index contributed by atoms with van der Waals surface area (Å²) >= 11 is 0. The van der Waals surface area contributed by atoms with Gasteiger partial charge >= 0.3 is 6.18 Å². The molecule has 594 valence electrons. The van der Waals surface area contributed by atoms with Crippen LogP contribution in [-0.4, -0.2) is 20.1 Å². The van der Waals surface area contributed by atoms with Crippen LogP contribution in [0.15, 0.2) is 424 Å². The number of hydrogen-bond acceptors (Lipinski definition) is 9. The Morgan fingerprint density at radius 1 is 0.240 bits per heavy atom. The minimum Gasteiger partial charge on any atom is -0.458 e. The maximum Gasteiger partial charge on any atom is 0.416 e. The lowest BCUT2D eigenvalue weighted by Gasteiger charge is -2.35. The van der Waals surface area contributed by atoms with Crippen molar-refractivity contribution in [3.8, 4) is 102 Å². The molecule has 0 atom stereocenters. The summed E-state index contributed by atoms with van der Waals surface area (Å²) in [6, 6.07) is 10.7. The summed E-state index contributed by atoms with van der Waals surface area (Å²) in [6.45, 7) is -5.68. The quantitative estimate of drug-likeness (QED) is 0.111. The number of alkyl halides is 3. The average molecular weight is 1670 g/mol. The van der Waals surface area contributed by atoms with Gasteiger partial charge in [0.05, 0.1) is 71.6 Å². The van der Waals surface area contributed by atoms with E-state index in [2.05, 4.69) is 0 Å². The number of benzene rings is 18. The van der Waals surface area contributed by atoms with Crippen molar-refractivity contribution in [2.24, 2.45) is 0 Å². The Bertz CT molecular complexity index is 9420. The summed E-state index contributed by atoms with van der Waals surface area (Å²) < 4.78 is 481. The number of hydrogen-bond donors (Lipinski definition) is 0. The van der Waals surface area contributed by atoms with E-state index in [-0.39, 0.29) is 73.5 Å². The molecule has 15 heteroatoms. The van der Waals surface area contributed by atoms with Crippen LogP contribution < -0.4 is 92.3 Å². The second kappa shape index (κ2) is 31.6. The molecule has 0 saturated carbocycles. The zero-order valence-corrected chi connectivity index (χ0v) is 63.7. The number of rotatable bonds is 12. The number of anilines is 9. The van der Waals surface area contributed by atoms with Gasteiger partial charge in [-0.15, -0.1) is 0 Å². The normalized spacial score (nSPS) is 17.9. The molecule has 0 N–H and O–H groups in total. The van der Waals surface area contributed by atoms with E-state index in [0.29, 0.717) is 33.4 Å². The molecule has 18 aromatic carbocycles. The Hall–Kier alpha value is -15.9. The van der Waals surface area contributed by atoms with Crippen LogP contribution in [-0.2, 0) is 6.18 Å². The van der Waals surface area contributed by atoms with E-state index in [1.165, 1.54) is 60.7 Å². The van der Waals surface area contributed by atoms with Crippen molar-refractivity contribution in [1.82, 2.24) is 0 Å². The third-order valence-corrected chi connectivity index (χ3v) is 20.9. The highest BCUT2D eigenvalue weighted by molar-refractivity contribution is 6.99. The Balaban J connectivity index is 0.000000149. The predicted molar refractivity (Wildman–Crippen MR) is 502 cm³/mol. The van der Waals surface area contributed by atoms with E-state index >= 15 is 0 Å². The van der Waals surface area contributed by atoms with E-state index in [1.54, 1.807) is 0 Å². The highest BCUT2D eigenvalue weighted by atomic mass is 19.4. The zero-order chi connectivity index (χ0) is 124. The van der Waals surface area contributed by atoms with Gasteiger partial charge in [-0.3, -0.25) is 0 Å². The predicted octanol–water partition coefficient (Wildman–Crippen LogP) is 24.0. The first-order chi connectivity index (χ1) is 81.0. The van der Waals surface area contributed by atoms with E-state index < -0.39 is 373 Å². The first-order valence-electron chi connectivity index (χ1n) is 61.5. The molecule has 9 nitrogen and oxygen atoms in total. The average Bonchev–Trinajstić information content (AvgIpc) is 0.686. The van der Waals surface area contributed by atoms with Crippen LogP contribution in [0.25, 0.3) is 33.4 Å². The second-order valence-electron chi connectivity index (χ2n) is 28.1. The van der Waals surface area contributed by atoms with Crippen molar-refractivity contribution < 1.29 is 106 Å². The molecule has 6 heterocycles. The molecule has 24 rings (SSSR count). The third-order valence-electron chi connectivity index (χ3n) is 20.9. The van der Waals surface area contributed by atoms with Gasteiger partial charge < -0.3 is 43.1 Å². The maximum atomic E-state index is 13.8. The number of fused-ring (bicyclic) bond motifs is 12. The fourth-order valence-electron chi connectivity index (χ4n) is 15.7. The molecule has 0 spiro atoms. The van der Waals surface area contributed by atoms with Crippen LogP contribution in [0, 0.1) is 6.85 Å². The van der Waals surface area contributed by atoms with E-state index in [9.17, 15) is 18.7 Å². The van der Waals surface area contributed by atoms with Gasteiger partial charge in [0.2, 0.25) is 0 Å². The molecule has 0 aliphatic carbocycles. The number of halogens is 3. The first-order valence-corrected chi connectivity index (χ1v) is 38.0. The summed E-state index contributed by atoms with van der Waals surface area (Å²) in [7, 11) is 0. The summed E-state index contributed by atoms with van der Waals surface area (Å²) in [6.07, 6.45) is -5.20. The second-order valence-corrected chi connectivity index (χ2v) is 28.1. The van der Waals surface area contributed by atoms with E-state index in [1.807, 2.05) is 97.1 Å². The van der Waals surface area contributed by atoms with Gasteiger partial charge in [0, 0.05) is 90.3 Å². The summed E-state index contributed by atoms with van der Waals surface area (Å²) in [5.74, 6) is -1.41. The van der Waals surface area contributed by atoms with Crippen molar-refractivity contribution in [3.63, 3.8) is 0 Å². The van der Waals surface area contributed by atoms with Gasteiger partial charge in [0.25, 0.3) is 20.1 Å². The van der Waals surface area contributed by atoms with Crippen molar-refractivity contribution in [2.75, 3.05) is 14.7 Å². The molecular formula is C110H73B3F3N3O6. The lowest BCUT2D eigenvalue weighted by atomic mass is 9.34. The smallest absolute Gasteiger partial charge is 0.416 e. The topological polar surface area (TPSA) is 65.1 Å². The highest BCUT2D eigenvalue weighted by Crippen LogP contribution is 2.48. The fraction of sp³-hybridized carbons (Fsp3) is 0.0182. The Morgan fingerprint density at radius 2 is 0.560 bits per heavy atom. The molecular weight excluding hydrogens is 1550 g/mol. The Kier molecular flexibility index (Phi) is 10.3. The van der Waals surface area contributed by atoms with Crippen LogP contribution in [0.1, 0.15) is 75.6 Å². The molecule has 0 aromatic heterocycles. The molecule has 0 fully saturated rings. The Labute approximate surface area is 789 Å². The summed E-state index contributed by atoms with van der Waals surface area (Å²) in [4.78, 5) is 2.90. The van der Waals surface area contributed by atoms with Crippen LogP contribution in [0.3, 0.4) is 0 Å². The zero-order valence-electron chi connectivity index (χ0n) is 111. The molecule has 0 bridgehead atoms. The lowest BCUT2D eigenvalue weighted by Crippen LogP contribution is -2.57. The first kappa shape index (κ1) is 40.7. The van der Waals surface area contributed by atoms with Gasteiger partial charge in [-0.25, -0.2) is 0 Å². The number of para-hydroxylation sites is 7. The molecule has 6 aliphatic rings. The number of aryl methyl sites for hydroxylation is 1. The fourth-order valence-corrected chi connectivity index (χ4v) is 15.7. The van der Waals surface area contributed by atoms with Crippen molar-refractivity contribution in [3.05, 3.63) is 435 Å². The van der Waals surface area contributed by atoms with Gasteiger partial charge in [0.1, 0.15) is 69.0 Å². The number of ether oxygens (including phenoxy) is 6. The third kappa shape index (κ3) is 14.1. The van der Waals surface area contributed by atoms with Gasteiger partial charge in [0.15, 0.2) is 0 Å². The molecule has 18 aromatic rings. The van der Waals surface area contributed by atoms with Crippen molar-refractivity contribution in [2.45, 2.75) is 13.0 Å². The van der Waals surface area contributed by atoms with Gasteiger partial charge in [-0.2, -0.15) is 13.2 Å². The summed E-state index contributed by atoms with van der Waals surface area (Å²) in [5.41, 5.74) is -1.02. The SMILES string of the molecule is [2H]c1c([2H])c([2H])c(-c2c([2H])c([2H])c([2H])c(N(c3cc4c5c(c3)Oc3cc(-c6ccccc6)ccc3B5c3ccc(-c5ccccc5)cc3O4)c3c([2H])c([2H])c([2H])c([2H])c3[2H])c2[2H])c([2H])c1[2H].[2H]c1c([2H])c([2H])c(N(c2ccc3c(c2)Oc2cc(C([2H])([2H])[2H])cc4c2B3c2ccc(N(c3c([2H])c([2H])c([2H])c([2H])c3[2H])c3c([2H])c([2H])c([2H])c([2H])c3[2H])cc2O4)c2c([2H])c([2H])c([2H])c([2H])c2[2H])c([2H])c1[2H].[2H]c1c([2H])c([2H])c2c(c1[2H])Oc1c([2H])c(C(F)(F)F)c([2H])c3c1B2c1c([2H])c([2H])c([2H])c([2H])c1O3. The van der Waals surface area contributed by atoms with Gasteiger partial charge in [-0.1, -0.05) is 266 Å². The molecule has 0 radical (unpaired) electrons. The monoisotopic (exact) mass is 1670 g/mol. The molecule has 0 amide bonds. The minimum absolute atomic E-state index is 0.0322. The number of nitrogens with zero attached hydrogens (tertiary/aromatic N) is 3. The molecule has 125 heavy (non-hydrogen) atoms. The van der Waals surface area contributed by atoms with Crippen molar-refractivity contribution >= 4 is 120 Å². The van der Waals surface area contributed by atoms with Crippen LogP contribution in [0.4, 0.5) is 64.4 Å². The molecule has 0 saturated heterocycles. The van der Waals surface area contributed by atoms with Gasteiger partial charge in [-0.05, 0) is 212 Å². The highest BCUT2D eigenvalue weighted by Gasteiger charge is 2.46. The Morgan fingerprint density at radius 3 is 0.968 bits per heavy atom. The van der Waals surface area contributed by atoms with E-state index in [4.69, 9.17) is 87.4 Å². The minimum atomic E-state index is -5.20. The standard InChI is InChI=1S/C48H32BNO2.C43H31BN2O2.C19H10BF3O2/c1-5-14-33(15-6-1)36-20-13-23-40(28-36)50(39-21-11-4-12-22-39)41-31-46-48-47(32-41)52-45-30-38(35-18-9-3-10-19-35)25-27-43(45)49(48)42-26-24-37(29-44(42)51-46)34-16-7-2-8-17-34;1-30-26-41-43-42(27-30)48-40-29-36(46(33-18-10-4-11-19-33)34-20-12-5-13-21-34)23-25-38(40)44(43)37-24-22-35(28-39(37)47-41)45(31-14-6-2-7-15-31)32-16-8-3-9-17-32;21-19(22,23)11-9-16-18-17(10-11)25-15-8-4-2-6-13(15)20(18)12-5-1-3-7-14(12)24-16/h1-32H;2-29H,1H3;1-10H/i1D,4D,5D,6D,11D,12D,13D,14D,15D,20D,21D,22D,23D,28D;1D3,2D,3D,4D,5D,6D,7D,8D,9D,10D,11D,12D,13D,14D,15D,16D,17D,18D,19D,20D,21D;1D,2D,3D,4D,5D,6D,7D,8D,9D,10D. The largest absolute Gasteiger partial charge is 0.458 e. The van der Waals surface area contributed by atoms with Crippen molar-refractivity contribution in [1.29, 1.82) is 0 Å². The molecule has 6 aliphatic heterocycles. The van der Waals surface area contributed by atoms with Crippen LogP contribution in [0.5, 0.6) is 69.0 Å². The van der Waals surface area contributed by atoms with Crippen LogP contribution in [0.2, 0.25) is 0 Å². The molecule has 0 unspecified atom stereocenters. The maximum absolute atomic E-state index is 13.8. The van der Waals surface area contributed by atoms with E-state index in [0.717, 1.165) is 47.9 Å². The summed E-state index contributed by atoms with van der Waals surface area (Å²) in [5, 5.41) is 0. The lowest BCUT2D eigenvalue weighted by molar-refractivity contribution is -0.137.